The number of hydrogen-bond donors (Lipinski definition) is 2. The molecule has 0 bridgehead atoms. The number of aryl methyl sites for hydroxylation is 2. The fourth-order valence-electron chi connectivity index (χ4n) is 3.73. The lowest BCUT2D eigenvalue weighted by atomic mass is 10.0. The number of aromatic nitrogens is 1. The summed E-state index contributed by atoms with van der Waals surface area (Å²) in [6, 6.07) is 17.9. The van der Waals surface area contributed by atoms with Crippen molar-refractivity contribution in [3.05, 3.63) is 95.4 Å². The van der Waals surface area contributed by atoms with Crippen molar-refractivity contribution in [1.29, 1.82) is 0 Å². The van der Waals surface area contributed by atoms with E-state index in [-0.39, 0.29) is 23.7 Å². The molecular formula is C25H23FN2O4S. The Balaban J connectivity index is 1.71. The average molecular weight is 467 g/mol. The van der Waals surface area contributed by atoms with Crippen molar-refractivity contribution in [2.75, 3.05) is 4.72 Å². The van der Waals surface area contributed by atoms with Gasteiger partial charge in [-0.2, -0.15) is 0 Å². The molecule has 4 aromatic rings. The Labute approximate surface area is 191 Å². The van der Waals surface area contributed by atoms with Crippen molar-refractivity contribution in [2.45, 2.75) is 31.2 Å². The van der Waals surface area contributed by atoms with Gasteiger partial charge in [0.25, 0.3) is 10.0 Å². The quantitative estimate of drug-likeness (QED) is 0.384. The fraction of sp³-hybridized carbons (Fsp3) is 0.160. The van der Waals surface area contributed by atoms with Gasteiger partial charge < -0.3 is 9.67 Å². The number of nitrogens with one attached hydrogen (secondary N) is 1. The zero-order valence-corrected chi connectivity index (χ0v) is 18.8. The number of aliphatic carboxylic acids is 1. The second kappa shape index (κ2) is 9.07. The highest BCUT2D eigenvalue weighted by Gasteiger charge is 2.16. The zero-order chi connectivity index (χ0) is 23.6. The number of halogens is 1. The van der Waals surface area contributed by atoms with Gasteiger partial charge in [0.1, 0.15) is 5.82 Å². The molecule has 8 heteroatoms. The summed E-state index contributed by atoms with van der Waals surface area (Å²) in [5.41, 5.74) is 3.94. The van der Waals surface area contributed by atoms with E-state index in [1.807, 2.05) is 17.7 Å². The van der Waals surface area contributed by atoms with Crippen molar-refractivity contribution in [3.8, 4) is 0 Å². The van der Waals surface area contributed by atoms with Gasteiger partial charge in [0.2, 0.25) is 0 Å². The largest absolute Gasteiger partial charge is 0.481 e. The molecule has 0 unspecified atom stereocenters. The molecule has 1 heterocycles. The minimum absolute atomic E-state index is 0.0401. The van der Waals surface area contributed by atoms with Crippen LogP contribution in [0.25, 0.3) is 10.9 Å². The summed E-state index contributed by atoms with van der Waals surface area (Å²) in [5.74, 6) is -1.23. The third kappa shape index (κ3) is 5.23. The van der Waals surface area contributed by atoms with E-state index in [4.69, 9.17) is 5.11 Å². The van der Waals surface area contributed by atoms with E-state index in [2.05, 4.69) is 4.72 Å². The van der Waals surface area contributed by atoms with Crippen LogP contribution in [-0.4, -0.2) is 24.1 Å². The number of carbonyl (C=O) groups is 1. The normalized spacial score (nSPS) is 11.6. The molecular weight excluding hydrogens is 443 g/mol. The van der Waals surface area contributed by atoms with Crippen molar-refractivity contribution < 1.29 is 22.7 Å². The number of carboxylic acids is 1. The van der Waals surface area contributed by atoms with Crippen LogP contribution < -0.4 is 4.72 Å². The van der Waals surface area contributed by atoms with Crippen molar-refractivity contribution in [2.24, 2.45) is 0 Å². The van der Waals surface area contributed by atoms with Crippen LogP contribution in [0.1, 0.15) is 23.1 Å². The highest BCUT2D eigenvalue weighted by molar-refractivity contribution is 7.92. The molecule has 0 saturated heterocycles. The van der Waals surface area contributed by atoms with Crippen LogP contribution in [-0.2, 0) is 27.8 Å². The number of carboxylic acid groups (broad SMARTS) is 1. The molecule has 0 amide bonds. The summed E-state index contributed by atoms with van der Waals surface area (Å²) in [6.45, 7) is 2.17. The molecule has 6 nitrogen and oxygen atoms in total. The molecule has 0 radical (unpaired) electrons. The summed E-state index contributed by atoms with van der Waals surface area (Å²) >= 11 is 0. The second-order valence-electron chi connectivity index (χ2n) is 7.95. The Bertz CT molecular complexity index is 1410. The fourth-order valence-corrected chi connectivity index (χ4v) is 4.78. The molecule has 0 atom stereocenters. The van der Waals surface area contributed by atoms with E-state index in [9.17, 15) is 17.6 Å². The summed E-state index contributed by atoms with van der Waals surface area (Å²) in [7, 11) is -3.77. The highest BCUT2D eigenvalue weighted by atomic mass is 32.2. The molecule has 0 aliphatic heterocycles. The monoisotopic (exact) mass is 466 g/mol. The molecule has 0 aliphatic carbocycles. The van der Waals surface area contributed by atoms with Crippen LogP contribution in [0.5, 0.6) is 0 Å². The molecule has 2 N–H and O–H groups in total. The van der Waals surface area contributed by atoms with E-state index in [1.54, 1.807) is 54.6 Å². The van der Waals surface area contributed by atoms with Crippen LogP contribution in [0, 0.1) is 12.7 Å². The smallest absolute Gasteiger partial charge is 0.305 e. The summed E-state index contributed by atoms with van der Waals surface area (Å²) in [6.07, 6.45) is 2.32. The maximum atomic E-state index is 13.3. The van der Waals surface area contributed by atoms with Crippen LogP contribution in [0.4, 0.5) is 10.1 Å². The number of sulfonamides is 1. The molecule has 3 aromatic carbocycles. The maximum Gasteiger partial charge on any atom is 0.305 e. The van der Waals surface area contributed by atoms with E-state index < -0.39 is 16.0 Å². The topological polar surface area (TPSA) is 88.4 Å². The van der Waals surface area contributed by atoms with Crippen LogP contribution in [0.15, 0.2) is 77.8 Å². The predicted molar refractivity (Wildman–Crippen MR) is 125 cm³/mol. The standard InChI is InChI=1S/C25H23FN2O4S/c1-17-2-9-22(10-3-17)33(31,32)27-21-8-11-24-23(15-21)19(16-28(24)13-12-25(29)30)14-18-4-6-20(26)7-5-18/h2-11,15-16,27H,12-14H2,1H3,(H,29,30). The SMILES string of the molecule is Cc1ccc(S(=O)(=O)Nc2ccc3c(c2)c(Cc2ccc(F)cc2)cn3CCC(=O)O)cc1. The minimum Gasteiger partial charge on any atom is -0.481 e. The maximum absolute atomic E-state index is 13.3. The zero-order valence-electron chi connectivity index (χ0n) is 18.0. The minimum atomic E-state index is -3.77. The predicted octanol–water partition coefficient (Wildman–Crippen LogP) is 4.96. The van der Waals surface area contributed by atoms with Crippen molar-refractivity contribution in [1.82, 2.24) is 4.57 Å². The Kier molecular flexibility index (Phi) is 6.20. The van der Waals surface area contributed by atoms with Gasteiger partial charge in [0.05, 0.1) is 11.3 Å². The molecule has 0 saturated carbocycles. The lowest BCUT2D eigenvalue weighted by Crippen LogP contribution is -2.12. The van der Waals surface area contributed by atoms with Gasteiger partial charge in [-0.3, -0.25) is 9.52 Å². The third-order valence-corrected chi connectivity index (χ3v) is 6.82. The lowest BCUT2D eigenvalue weighted by Gasteiger charge is -2.10. The molecule has 1 aromatic heterocycles. The van der Waals surface area contributed by atoms with Gasteiger partial charge >= 0.3 is 5.97 Å². The summed E-state index contributed by atoms with van der Waals surface area (Å²) in [5, 5.41) is 9.89. The Morgan fingerprint density at radius 2 is 1.73 bits per heavy atom. The van der Waals surface area contributed by atoms with Gasteiger partial charge in [0, 0.05) is 29.3 Å². The van der Waals surface area contributed by atoms with Gasteiger partial charge in [-0.25, -0.2) is 12.8 Å². The van der Waals surface area contributed by atoms with E-state index >= 15 is 0 Å². The van der Waals surface area contributed by atoms with Crippen molar-refractivity contribution >= 4 is 32.6 Å². The second-order valence-corrected chi connectivity index (χ2v) is 9.63. The first-order valence-electron chi connectivity index (χ1n) is 10.4. The van der Waals surface area contributed by atoms with Crippen LogP contribution in [0.2, 0.25) is 0 Å². The number of anilines is 1. The van der Waals surface area contributed by atoms with Crippen molar-refractivity contribution in [3.63, 3.8) is 0 Å². The Morgan fingerprint density at radius 3 is 2.39 bits per heavy atom. The molecule has 0 spiro atoms. The van der Waals surface area contributed by atoms with Gasteiger partial charge in [-0.05, 0) is 66.9 Å². The van der Waals surface area contributed by atoms with E-state index in [1.165, 1.54) is 12.1 Å². The third-order valence-electron chi connectivity index (χ3n) is 5.42. The highest BCUT2D eigenvalue weighted by Crippen LogP contribution is 2.28. The first-order chi connectivity index (χ1) is 15.7. The molecule has 0 fully saturated rings. The van der Waals surface area contributed by atoms with E-state index in [0.29, 0.717) is 12.1 Å². The molecule has 0 aliphatic rings. The number of nitrogens with zero attached hydrogens (tertiary/aromatic N) is 1. The Morgan fingerprint density at radius 1 is 1.03 bits per heavy atom. The van der Waals surface area contributed by atoms with Crippen LogP contribution in [0.3, 0.4) is 0 Å². The number of hydrogen-bond acceptors (Lipinski definition) is 3. The van der Waals surface area contributed by atoms with Gasteiger partial charge in [-0.15, -0.1) is 0 Å². The summed E-state index contributed by atoms with van der Waals surface area (Å²) in [4.78, 5) is 11.2. The Hall–Kier alpha value is -3.65. The van der Waals surface area contributed by atoms with Gasteiger partial charge in [0.15, 0.2) is 0 Å². The number of fused-ring (bicyclic) bond motifs is 1. The first-order valence-corrected chi connectivity index (χ1v) is 11.9. The molecule has 33 heavy (non-hydrogen) atoms. The number of rotatable bonds is 8. The molecule has 4 rings (SSSR count). The summed E-state index contributed by atoms with van der Waals surface area (Å²) < 4.78 is 43.4. The molecule has 170 valence electrons. The van der Waals surface area contributed by atoms with E-state index in [0.717, 1.165) is 27.6 Å². The number of benzene rings is 3. The first kappa shape index (κ1) is 22.5. The van der Waals surface area contributed by atoms with Gasteiger partial charge in [-0.1, -0.05) is 29.8 Å². The van der Waals surface area contributed by atoms with Crippen LogP contribution >= 0.6 is 0 Å². The lowest BCUT2D eigenvalue weighted by molar-refractivity contribution is -0.137. The average Bonchev–Trinajstić information content (AvgIpc) is 3.10.